The highest BCUT2D eigenvalue weighted by Gasteiger charge is 2.21. The van der Waals surface area contributed by atoms with Crippen molar-refractivity contribution in [2.45, 2.75) is 39.2 Å². The van der Waals surface area contributed by atoms with Gasteiger partial charge in [-0.05, 0) is 32.1 Å². The fraction of sp³-hybridized carbons (Fsp3) is 0.900. The van der Waals surface area contributed by atoms with E-state index in [1.165, 1.54) is 13.3 Å². The molecular formula is C10H19NO2. The Kier molecular flexibility index (Phi) is 3.72. The fourth-order valence-electron chi connectivity index (χ4n) is 1.75. The summed E-state index contributed by atoms with van der Waals surface area (Å²) in [5.41, 5.74) is 0. The Labute approximate surface area is 79.7 Å². The van der Waals surface area contributed by atoms with E-state index in [0.29, 0.717) is 5.92 Å². The van der Waals surface area contributed by atoms with Crippen LogP contribution in [0.4, 0.5) is 0 Å². The zero-order valence-corrected chi connectivity index (χ0v) is 8.49. The standard InChI is InChI=1S/C10H19NO2/c1-8-4-3-6-11(7-5-8)10(13)9(2)12/h8-9,12H,3-7H2,1-2H3/t8?,9-/m1/s1. The lowest BCUT2D eigenvalue weighted by molar-refractivity contribution is -0.139. The number of aliphatic hydroxyl groups excluding tert-OH is 1. The molecule has 1 fully saturated rings. The first-order valence-electron chi connectivity index (χ1n) is 5.08. The van der Waals surface area contributed by atoms with Crippen molar-refractivity contribution in [2.24, 2.45) is 5.92 Å². The van der Waals surface area contributed by atoms with Gasteiger partial charge in [0.2, 0.25) is 0 Å². The van der Waals surface area contributed by atoms with Crippen LogP contribution >= 0.6 is 0 Å². The number of likely N-dealkylation sites (tertiary alicyclic amines) is 1. The maximum atomic E-state index is 11.4. The summed E-state index contributed by atoms with van der Waals surface area (Å²) in [6.07, 6.45) is 2.50. The molecule has 1 rings (SSSR count). The van der Waals surface area contributed by atoms with Gasteiger partial charge in [-0.2, -0.15) is 0 Å². The molecule has 1 heterocycles. The van der Waals surface area contributed by atoms with E-state index < -0.39 is 6.10 Å². The molecule has 0 aliphatic carbocycles. The van der Waals surface area contributed by atoms with Crippen molar-refractivity contribution in [1.82, 2.24) is 4.90 Å². The zero-order chi connectivity index (χ0) is 9.84. The molecule has 1 saturated heterocycles. The van der Waals surface area contributed by atoms with E-state index >= 15 is 0 Å². The highest BCUT2D eigenvalue weighted by atomic mass is 16.3. The van der Waals surface area contributed by atoms with E-state index in [1.807, 2.05) is 0 Å². The maximum Gasteiger partial charge on any atom is 0.251 e. The number of carbonyl (C=O) groups is 1. The van der Waals surface area contributed by atoms with Crippen LogP contribution in [0.3, 0.4) is 0 Å². The lowest BCUT2D eigenvalue weighted by atomic mass is 10.0. The third-order valence-electron chi connectivity index (χ3n) is 2.69. The average Bonchev–Trinajstić information content (AvgIpc) is 2.28. The Morgan fingerprint density at radius 1 is 1.46 bits per heavy atom. The first-order chi connectivity index (χ1) is 6.11. The highest BCUT2D eigenvalue weighted by Crippen LogP contribution is 2.16. The van der Waals surface area contributed by atoms with Gasteiger partial charge >= 0.3 is 0 Å². The molecule has 2 atom stereocenters. The Morgan fingerprint density at radius 2 is 2.15 bits per heavy atom. The van der Waals surface area contributed by atoms with Crippen LogP contribution in [0, 0.1) is 5.92 Å². The molecule has 0 saturated carbocycles. The minimum Gasteiger partial charge on any atom is -0.384 e. The second-order valence-electron chi connectivity index (χ2n) is 4.04. The lowest BCUT2D eigenvalue weighted by Crippen LogP contribution is -2.38. The first kappa shape index (κ1) is 10.5. The number of aliphatic hydroxyl groups is 1. The van der Waals surface area contributed by atoms with Crippen molar-refractivity contribution in [3.63, 3.8) is 0 Å². The molecule has 1 aliphatic heterocycles. The average molecular weight is 185 g/mol. The third-order valence-corrected chi connectivity index (χ3v) is 2.69. The number of carbonyl (C=O) groups excluding carboxylic acids is 1. The van der Waals surface area contributed by atoms with Crippen LogP contribution in [0.15, 0.2) is 0 Å². The highest BCUT2D eigenvalue weighted by molar-refractivity contribution is 5.80. The van der Waals surface area contributed by atoms with Gasteiger partial charge in [-0.15, -0.1) is 0 Å². The summed E-state index contributed by atoms with van der Waals surface area (Å²) < 4.78 is 0. The molecule has 1 aliphatic rings. The summed E-state index contributed by atoms with van der Waals surface area (Å²) in [6.45, 7) is 5.38. The second kappa shape index (κ2) is 4.61. The van der Waals surface area contributed by atoms with E-state index in [1.54, 1.807) is 4.90 Å². The van der Waals surface area contributed by atoms with Gasteiger partial charge in [-0.3, -0.25) is 4.79 Å². The normalized spacial score (nSPS) is 26.7. The van der Waals surface area contributed by atoms with E-state index in [-0.39, 0.29) is 5.91 Å². The van der Waals surface area contributed by atoms with Crippen LogP contribution in [0.2, 0.25) is 0 Å². The molecule has 0 aromatic carbocycles. The summed E-state index contributed by atoms with van der Waals surface area (Å²) in [6, 6.07) is 0. The smallest absolute Gasteiger partial charge is 0.251 e. The molecule has 0 radical (unpaired) electrons. The van der Waals surface area contributed by atoms with Crippen LogP contribution in [-0.4, -0.2) is 35.1 Å². The van der Waals surface area contributed by atoms with Gasteiger partial charge in [0.05, 0.1) is 0 Å². The molecular weight excluding hydrogens is 166 g/mol. The Balaban J connectivity index is 2.46. The van der Waals surface area contributed by atoms with Crippen LogP contribution in [0.5, 0.6) is 0 Å². The molecule has 1 N–H and O–H groups in total. The minimum absolute atomic E-state index is 0.117. The molecule has 3 heteroatoms. The van der Waals surface area contributed by atoms with Gasteiger partial charge in [0.15, 0.2) is 0 Å². The molecule has 3 nitrogen and oxygen atoms in total. The summed E-state index contributed by atoms with van der Waals surface area (Å²) >= 11 is 0. The van der Waals surface area contributed by atoms with Crippen molar-refractivity contribution in [3.8, 4) is 0 Å². The van der Waals surface area contributed by atoms with Crippen LogP contribution in [0.1, 0.15) is 33.1 Å². The number of nitrogens with zero attached hydrogens (tertiary/aromatic N) is 1. The zero-order valence-electron chi connectivity index (χ0n) is 8.49. The number of hydrogen-bond donors (Lipinski definition) is 1. The van der Waals surface area contributed by atoms with Crippen molar-refractivity contribution < 1.29 is 9.90 Å². The molecule has 0 aromatic rings. The van der Waals surface area contributed by atoms with Crippen LogP contribution < -0.4 is 0 Å². The maximum absolute atomic E-state index is 11.4. The van der Waals surface area contributed by atoms with Gasteiger partial charge in [-0.1, -0.05) is 6.92 Å². The SMILES string of the molecule is CC1CCCN(C(=O)[C@@H](C)O)CC1. The molecule has 0 aromatic heterocycles. The van der Waals surface area contributed by atoms with Crippen molar-refractivity contribution >= 4 is 5.91 Å². The quantitative estimate of drug-likeness (QED) is 0.662. The van der Waals surface area contributed by atoms with Crippen LogP contribution in [0.25, 0.3) is 0 Å². The lowest BCUT2D eigenvalue weighted by Gasteiger charge is -2.21. The molecule has 1 amide bonds. The summed E-state index contributed by atoms with van der Waals surface area (Å²) in [4.78, 5) is 13.2. The van der Waals surface area contributed by atoms with Crippen molar-refractivity contribution in [1.29, 1.82) is 0 Å². The number of rotatable bonds is 1. The van der Waals surface area contributed by atoms with E-state index in [9.17, 15) is 4.79 Å². The summed E-state index contributed by atoms with van der Waals surface area (Å²) in [7, 11) is 0. The molecule has 0 spiro atoms. The Hall–Kier alpha value is -0.570. The predicted molar refractivity (Wildman–Crippen MR) is 51.3 cm³/mol. The third kappa shape index (κ3) is 2.99. The van der Waals surface area contributed by atoms with Crippen LogP contribution in [-0.2, 0) is 4.79 Å². The molecule has 76 valence electrons. The van der Waals surface area contributed by atoms with Gasteiger partial charge < -0.3 is 10.0 Å². The van der Waals surface area contributed by atoms with E-state index in [2.05, 4.69) is 6.92 Å². The monoisotopic (exact) mass is 185 g/mol. The minimum atomic E-state index is -0.839. The summed E-state index contributed by atoms with van der Waals surface area (Å²) in [5.74, 6) is 0.598. The Morgan fingerprint density at radius 3 is 2.77 bits per heavy atom. The topological polar surface area (TPSA) is 40.5 Å². The number of hydrogen-bond acceptors (Lipinski definition) is 2. The largest absolute Gasteiger partial charge is 0.384 e. The molecule has 0 bridgehead atoms. The van der Waals surface area contributed by atoms with Gasteiger partial charge in [0.1, 0.15) is 6.10 Å². The number of amides is 1. The van der Waals surface area contributed by atoms with E-state index in [4.69, 9.17) is 5.11 Å². The van der Waals surface area contributed by atoms with Gasteiger partial charge in [-0.25, -0.2) is 0 Å². The molecule has 1 unspecified atom stereocenters. The second-order valence-corrected chi connectivity index (χ2v) is 4.04. The Bertz CT molecular complexity index is 180. The summed E-state index contributed by atoms with van der Waals surface area (Å²) in [5, 5.41) is 9.14. The molecule has 13 heavy (non-hydrogen) atoms. The van der Waals surface area contributed by atoms with Crippen molar-refractivity contribution in [2.75, 3.05) is 13.1 Å². The van der Waals surface area contributed by atoms with Gasteiger partial charge in [0.25, 0.3) is 5.91 Å². The predicted octanol–water partition coefficient (Wildman–Crippen LogP) is 1.02. The van der Waals surface area contributed by atoms with Crippen molar-refractivity contribution in [3.05, 3.63) is 0 Å². The van der Waals surface area contributed by atoms with Gasteiger partial charge in [0, 0.05) is 13.1 Å². The fourth-order valence-corrected chi connectivity index (χ4v) is 1.75. The van der Waals surface area contributed by atoms with E-state index in [0.717, 1.165) is 25.9 Å². The first-order valence-corrected chi connectivity index (χ1v) is 5.08.